The summed E-state index contributed by atoms with van der Waals surface area (Å²) in [6.07, 6.45) is 2.87. The molecule has 1 N–H and O–H groups in total. The Morgan fingerprint density at radius 2 is 1.47 bits per heavy atom. The lowest BCUT2D eigenvalue weighted by Gasteiger charge is -2.35. The predicted molar refractivity (Wildman–Crippen MR) is 75.0 cm³/mol. The lowest BCUT2D eigenvalue weighted by Crippen LogP contribution is -2.57. The van der Waals surface area contributed by atoms with E-state index in [4.69, 9.17) is 4.74 Å². The maximum atomic E-state index is 12.6. The van der Waals surface area contributed by atoms with Crippen LogP contribution in [-0.4, -0.2) is 23.0 Å². The molecule has 0 saturated heterocycles. The summed E-state index contributed by atoms with van der Waals surface area (Å²) in [4.78, 5) is 24.6. The Bertz CT molecular complexity index is 355. The Hall–Kier alpha value is -1.06. The summed E-state index contributed by atoms with van der Waals surface area (Å²) in [5.41, 5.74) is -1.74. The molecule has 19 heavy (non-hydrogen) atoms. The van der Waals surface area contributed by atoms with Crippen molar-refractivity contribution in [1.29, 1.82) is 0 Å². The summed E-state index contributed by atoms with van der Waals surface area (Å²) in [6.45, 7) is 11.1. The SMILES string of the molecule is CC(C)(C)OC(=O)NC1(C(=O)C(C)(C)C)CCCC1. The first-order valence-electron chi connectivity index (χ1n) is 7.02. The largest absolute Gasteiger partial charge is 0.444 e. The molecule has 0 spiro atoms. The number of Topliss-reactive ketones (excluding diaryl/α,β-unsaturated/α-hetero) is 1. The highest BCUT2D eigenvalue weighted by molar-refractivity contribution is 5.95. The second-order valence-corrected chi connectivity index (χ2v) is 7.50. The quantitative estimate of drug-likeness (QED) is 0.835. The number of ketones is 1. The van der Waals surface area contributed by atoms with E-state index in [-0.39, 0.29) is 5.78 Å². The fourth-order valence-corrected chi connectivity index (χ4v) is 2.60. The second kappa shape index (κ2) is 5.14. The van der Waals surface area contributed by atoms with Crippen LogP contribution < -0.4 is 5.32 Å². The topological polar surface area (TPSA) is 55.4 Å². The van der Waals surface area contributed by atoms with E-state index in [1.807, 2.05) is 41.5 Å². The summed E-state index contributed by atoms with van der Waals surface area (Å²) in [6, 6.07) is 0. The normalized spacial score (nSPS) is 19.1. The van der Waals surface area contributed by atoms with Gasteiger partial charge in [-0.1, -0.05) is 33.6 Å². The number of carbonyl (C=O) groups is 2. The van der Waals surface area contributed by atoms with E-state index in [1.165, 1.54) is 0 Å². The van der Waals surface area contributed by atoms with Gasteiger partial charge >= 0.3 is 6.09 Å². The summed E-state index contributed by atoms with van der Waals surface area (Å²) in [7, 11) is 0. The number of hydrogen-bond acceptors (Lipinski definition) is 3. The standard InChI is InChI=1S/C15H27NO3/c1-13(2,3)11(17)15(9-7-8-10-15)16-12(18)19-14(4,5)6/h7-10H2,1-6H3,(H,16,18). The molecule has 0 aromatic rings. The van der Waals surface area contributed by atoms with Gasteiger partial charge in [0.2, 0.25) is 0 Å². The van der Waals surface area contributed by atoms with Crippen LogP contribution in [-0.2, 0) is 9.53 Å². The van der Waals surface area contributed by atoms with E-state index in [1.54, 1.807) is 0 Å². The summed E-state index contributed by atoms with van der Waals surface area (Å²) >= 11 is 0. The smallest absolute Gasteiger partial charge is 0.408 e. The Morgan fingerprint density at radius 3 is 1.84 bits per heavy atom. The maximum absolute atomic E-state index is 12.6. The van der Waals surface area contributed by atoms with E-state index >= 15 is 0 Å². The molecule has 110 valence electrons. The van der Waals surface area contributed by atoms with E-state index in [9.17, 15) is 9.59 Å². The molecule has 1 aliphatic rings. The van der Waals surface area contributed by atoms with Gasteiger partial charge in [0, 0.05) is 5.41 Å². The Kier molecular flexibility index (Phi) is 4.33. The molecular weight excluding hydrogens is 242 g/mol. The highest BCUT2D eigenvalue weighted by atomic mass is 16.6. The first-order chi connectivity index (χ1) is 8.46. The monoisotopic (exact) mass is 269 g/mol. The minimum atomic E-state index is -0.736. The molecule has 4 nitrogen and oxygen atoms in total. The molecule has 0 unspecified atom stereocenters. The van der Waals surface area contributed by atoms with Crippen LogP contribution in [0, 0.1) is 5.41 Å². The van der Waals surface area contributed by atoms with Crippen molar-refractivity contribution in [2.24, 2.45) is 5.41 Å². The van der Waals surface area contributed by atoms with E-state index < -0.39 is 22.6 Å². The van der Waals surface area contributed by atoms with Gasteiger partial charge in [0.1, 0.15) is 11.1 Å². The third-order valence-electron chi connectivity index (χ3n) is 3.31. The molecule has 0 aromatic heterocycles. The van der Waals surface area contributed by atoms with Gasteiger partial charge in [-0.3, -0.25) is 4.79 Å². The first kappa shape index (κ1) is 16.0. The van der Waals surface area contributed by atoms with Crippen LogP contribution in [0.5, 0.6) is 0 Å². The number of alkyl carbamates (subject to hydrolysis) is 1. The summed E-state index contributed by atoms with van der Waals surface area (Å²) in [5.74, 6) is 0.100. The van der Waals surface area contributed by atoms with E-state index in [2.05, 4.69) is 5.32 Å². The zero-order valence-corrected chi connectivity index (χ0v) is 13.1. The van der Waals surface area contributed by atoms with Crippen molar-refractivity contribution in [2.45, 2.75) is 78.4 Å². The van der Waals surface area contributed by atoms with Crippen LogP contribution >= 0.6 is 0 Å². The fourth-order valence-electron chi connectivity index (χ4n) is 2.60. The third kappa shape index (κ3) is 4.22. The van der Waals surface area contributed by atoms with Gasteiger partial charge in [-0.2, -0.15) is 0 Å². The average molecular weight is 269 g/mol. The van der Waals surface area contributed by atoms with Crippen molar-refractivity contribution >= 4 is 11.9 Å². The average Bonchev–Trinajstić information content (AvgIpc) is 2.61. The van der Waals surface area contributed by atoms with Crippen molar-refractivity contribution in [3.63, 3.8) is 0 Å². The van der Waals surface area contributed by atoms with Gasteiger partial charge in [0.15, 0.2) is 5.78 Å². The molecule has 1 aliphatic carbocycles. The van der Waals surface area contributed by atoms with Gasteiger partial charge in [-0.05, 0) is 33.6 Å². The highest BCUT2D eigenvalue weighted by Crippen LogP contribution is 2.36. The van der Waals surface area contributed by atoms with Crippen molar-refractivity contribution in [3.8, 4) is 0 Å². The summed E-state index contributed by atoms with van der Waals surface area (Å²) in [5, 5.41) is 2.84. The zero-order valence-electron chi connectivity index (χ0n) is 13.1. The highest BCUT2D eigenvalue weighted by Gasteiger charge is 2.47. The van der Waals surface area contributed by atoms with Crippen LogP contribution in [0.15, 0.2) is 0 Å². The fraction of sp³-hybridized carbons (Fsp3) is 0.867. The number of nitrogens with one attached hydrogen (secondary N) is 1. The number of hydrogen-bond donors (Lipinski definition) is 1. The summed E-state index contributed by atoms with van der Waals surface area (Å²) < 4.78 is 5.29. The molecule has 4 heteroatoms. The van der Waals surface area contributed by atoms with Gasteiger partial charge in [0.25, 0.3) is 0 Å². The predicted octanol–water partition coefficient (Wildman–Crippen LogP) is 3.44. The first-order valence-corrected chi connectivity index (χ1v) is 7.02. The molecule has 1 saturated carbocycles. The molecule has 0 heterocycles. The van der Waals surface area contributed by atoms with Gasteiger partial charge < -0.3 is 10.1 Å². The molecule has 0 atom stereocenters. The molecule has 0 aliphatic heterocycles. The third-order valence-corrected chi connectivity index (χ3v) is 3.31. The van der Waals surface area contributed by atoms with Crippen LogP contribution in [0.2, 0.25) is 0 Å². The Labute approximate surface area is 116 Å². The van der Waals surface area contributed by atoms with Crippen LogP contribution in [0.1, 0.15) is 67.2 Å². The molecule has 1 fully saturated rings. The molecule has 1 rings (SSSR count). The van der Waals surface area contributed by atoms with Crippen molar-refractivity contribution < 1.29 is 14.3 Å². The Balaban J connectivity index is 2.84. The van der Waals surface area contributed by atoms with Crippen molar-refractivity contribution in [2.75, 3.05) is 0 Å². The van der Waals surface area contributed by atoms with Gasteiger partial charge in [-0.25, -0.2) is 4.79 Å². The van der Waals surface area contributed by atoms with Crippen molar-refractivity contribution in [1.82, 2.24) is 5.32 Å². The van der Waals surface area contributed by atoms with E-state index in [0.717, 1.165) is 12.8 Å². The molecular formula is C15H27NO3. The lowest BCUT2D eigenvalue weighted by atomic mass is 9.77. The van der Waals surface area contributed by atoms with Crippen molar-refractivity contribution in [3.05, 3.63) is 0 Å². The van der Waals surface area contributed by atoms with Gasteiger partial charge in [0.05, 0.1) is 0 Å². The maximum Gasteiger partial charge on any atom is 0.408 e. The van der Waals surface area contributed by atoms with E-state index in [0.29, 0.717) is 12.8 Å². The molecule has 0 radical (unpaired) electrons. The Morgan fingerprint density at radius 1 is 1.00 bits per heavy atom. The lowest BCUT2D eigenvalue weighted by molar-refractivity contribution is -0.133. The minimum absolute atomic E-state index is 0.100. The number of carbonyl (C=O) groups excluding carboxylic acids is 2. The molecule has 0 aromatic carbocycles. The number of ether oxygens (including phenoxy) is 1. The second-order valence-electron chi connectivity index (χ2n) is 7.50. The minimum Gasteiger partial charge on any atom is -0.444 e. The molecule has 0 bridgehead atoms. The number of rotatable bonds is 2. The van der Waals surface area contributed by atoms with Crippen LogP contribution in [0.3, 0.4) is 0 Å². The van der Waals surface area contributed by atoms with Crippen LogP contribution in [0.4, 0.5) is 4.79 Å². The van der Waals surface area contributed by atoms with Gasteiger partial charge in [-0.15, -0.1) is 0 Å². The zero-order chi connectivity index (χ0) is 14.9. The van der Waals surface area contributed by atoms with Crippen LogP contribution in [0.25, 0.3) is 0 Å². The molecule has 1 amide bonds. The number of amides is 1.